The number of hydrogen-bond acceptors (Lipinski definition) is 6. The minimum absolute atomic E-state index is 0.0475. The van der Waals surface area contributed by atoms with Crippen molar-refractivity contribution < 1.29 is 23.9 Å². The molecule has 0 spiro atoms. The highest BCUT2D eigenvalue weighted by Crippen LogP contribution is 2.24. The van der Waals surface area contributed by atoms with Crippen LogP contribution in [-0.4, -0.2) is 66.2 Å². The number of carbonyl (C=O) groups excluding carboxylic acids is 3. The van der Waals surface area contributed by atoms with Gasteiger partial charge in [-0.1, -0.05) is 24.3 Å². The Kier molecular flexibility index (Phi) is 7.32. The number of nitrogens with two attached hydrogens (primary N) is 1. The van der Waals surface area contributed by atoms with Crippen LogP contribution in [0.5, 0.6) is 11.5 Å². The topological polar surface area (TPSA) is 114 Å². The normalized spacial score (nSPS) is 22.2. The van der Waals surface area contributed by atoms with Gasteiger partial charge in [0.05, 0.1) is 7.11 Å². The van der Waals surface area contributed by atoms with Crippen molar-refractivity contribution in [3.63, 3.8) is 0 Å². The van der Waals surface area contributed by atoms with Gasteiger partial charge in [-0.3, -0.25) is 14.5 Å². The molecular formula is C25H30N4O5. The summed E-state index contributed by atoms with van der Waals surface area (Å²) >= 11 is 0. The van der Waals surface area contributed by atoms with Crippen molar-refractivity contribution in [1.29, 1.82) is 0 Å². The van der Waals surface area contributed by atoms with Crippen LogP contribution in [0.25, 0.3) is 0 Å². The Bertz CT molecular complexity index is 1020. The summed E-state index contributed by atoms with van der Waals surface area (Å²) < 4.78 is 10.7. The molecule has 2 fully saturated rings. The second-order valence-electron chi connectivity index (χ2n) is 8.60. The number of carbonyl (C=O) groups is 3. The van der Waals surface area contributed by atoms with E-state index in [0.717, 1.165) is 25.7 Å². The van der Waals surface area contributed by atoms with Crippen molar-refractivity contribution in [3.05, 3.63) is 60.2 Å². The van der Waals surface area contributed by atoms with Crippen LogP contribution in [0, 0.1) is 0 Å². The smallest absolute Gasteiger partial charge is 0.417 e. The molecule has 2 aliphatic rings. The van der Waals surface area contributed by atoms with Gasteiger partial charge in [-0.15, -0.1) is 0 Å². The first kappa shape index (κ1) is 23.6. The quantitative estimate of drug-likeness (QED) is 0.699. The molecule has 180 valence electrons. The van der Waals surface area contributed by atoms with Crippen LogP contribution in [0.4, 0.5) is 4.79 Å². The van der Waals surface area contributed by atoms with E-state index in [9.17, 15) is 14.4 Å². The summed E-state index contributed by atoms with van der Waals surface area (Å²) in [4.78, 5) is 42.5. The number of benzene rings is 2. The lowest BCUT2D eigenvalue weighted by molar-refractivity contribution is -0.129. The highest BCUT2D eigenvalue weighted by atomic mass is 16.6. The number of methoxy groups -OCH3 is 1. The molecule has 1 saturated heterocycles. The minimum atomic E-state index is -1.12. The molecule has 2 aromatic rings. The Morgan fingerprint density at radius 2 is 1.59 bits per heavy atom. The Hall–Kier alpha value is -3.59. The molecule has 9 heteroatoms. The lowest BCUT2D eigenvalue weighted by atomic mass is 9.92. The second kappa shape index (κ2) is 10.6. The lowest BCUT2D eigenvalue weighted by Crippen LogP contribution is -2.56. The summed E-state index contributed by atoms with van der Waals surface area (Å²) in [5.74, 6) is 0.134. The molecule has 2 aromatic carbocycles. The minimum Gasteiger partial charge on any atom is -0.497 e. The van der Waals surface area contributed by atoms with E-state index in [2.05, 4.69) is 5.32 Å². The monoisotopic (exact) mass is 466 g/mol. The van der Waals surface area contributed by atoms with Crippen LogP contribution >= 0.6 is 0 Å². The first-order valence-electron chi connectivity index (χ1n) is 11.5. The van der Waals surface area contributed by atoms with Gasteiger partial charge in [0.2, 0.25) is 0 Å². The lowest BCUT2D eigenvalue weighted by Gasteiger charge is -2.32. The van der Waals surface area contributed by atoms with E-state index in [-0.39, 0.29) is 31.1 Å². The Morgan fingerprint density at radius 3 is 2.29 bits per heavy atom. The van der Waals surface area contributed by atoms with Gasteiger partial charge in [0, 0.05) is 30.7 Å². The predicted molar refractivity (Wildman–Crippen MR) is 125 cm³/mol. The van der Waals surface area contributed by atoms with Crippen LogP contribution in [0.2, 0.25) is 0 Å². The van der Waals surface area contributed by atoms with Gasteiger partial charge in [-0.25, -0.2) is 4.79 Å². The molecule has 1 aliphatic carbocycles. The summed E-state index contributed by atoms with van der Waals surface area (Å²) in [5.41, 5.74) is 6.36. The van der Waals surface area contributed by atoms with Gasteiger partial charge in [0.25, 0.3) is 11.8 Å². The summed E-state index contributed by atoms with van der Waals surface area (Å²) in [5, 5.41) is 3.03. The number of nitrogens with one attached hydrogen (secondary N) is 1. The maximum absolute atomic E-state index is 13.4. The average molecular weight is 467 g/mol. The van der Waals surface area contributed by atoms with E-state index in [0.29, 0.717) is 17.1 Å². The van der Waals surface area contributed by atoms with Crippen LogP contribution in [0.15, 0.2) is 54.6 Å². The zero-order valence-electron chi connectivity index (χ0n) is 19.2. The molecule has 1 unspecified atom stereocenters. The van der Waals surface area contributed by atoms with Crippen molar-refractivity contribution >= 4 is 17.9 Å². The molecule has 1 atom stereocenters. The number of para-hydroxylation sites is 1. The number of ether oxygens (including phenoxy) is 2. The van der Waals surface area contributed by atoms with E-state index in [1.807, 2.05) is 6.07 Å². The molecule has 9 nitrogen and oxygen atoms in total. The van der Waals surface area contributed by atoms with Crippen LogP contribution in [-0.2, 0) is 4.79 Å². The number of nitrogens with zero attached hydrogens (tertiary/aromatic N) is 2. The zero-order chi connectivity index (χ0) is 24.1. The molecule has 0 aromatic heterocycles. The van der Waals surface area contributed by atoms with Gasteiger partial charge in [0.15, 0.2) is 6.17 Å². The van der Waals surface area contributed by atoms with E-state index >= 15 is 0 Å². The fourth-order valence-corrected chi connectivity index (χ4v) is 4.42. The van der Waals surface area contributed by atoms with Gasteiger partial charge in [-0.05, 0) is 56.0 Å². The highest BCUT2D eigenvalue weighted by molar-refractivity contribution is 5.99. The SMILES string of the molecule is COc1cccc(C(=O)N2CCN(C(=O)Oc3ccccc3)C2C(=O)NC2CCC(N)CC2)c1. The van der Waals surface area contributed by atoms with Crippen LogP contribution in [0.3, 0.4) is 0 Å². The fourth-order valence-electron chi connectivity index (χ4n) is 4.42. The van der Waals surface area contributed by atoms with Crippen molar-refractivity contribution in [3.8, 4) is 11.5 Å². The number of amides is 3. The Morgan fingerprint density at radius 1 is 0.912 bits per heavy atom. The van der Waals surface area contributed by atoms with Crippen molar-refractivity contribution in [2.24, 2.45) is 5.73 Å². The molecule has 1 heterocycles. The van der Waals surface area contributed by atoms with Crippen LogP contribution in [0.1, 0.15) is 36.0 Å². The first-order valence-corrected chi connectivity index (χ1v) is 11.5. The molecule has 1 aliphatic heterocycles. The summed E-state index contributed by atoms with van der Waals surface area (Å²) in [6.45, 7) is 0.378. The number of rotatable bonds is 5. The van der Waals surface area contributed by atoms with E-state index in [1.165, 1.54) is 16.9 Å². The molecular weight excluding hydrogens is 436 g/mol. The Balaban J connectivity index is 1.56. The maximum Gasteiger partial charge on any atom is 0.417 e. The molecule has 0 bridgehead atoms. The molecule has 4 rings (SSSR count). The fraction of sp³-hybridized carbons (Fsp3) is 0.400. The third-order valence-electron chi connectivity index (χ3n) is 6.29. The molecule has 34 heavy (non-hydrogen) atoms. The molecule has 1 saturated carbocycles. The van der Waals surface area contributed by atoms with Gasteiger partial charge < -0.3 is 25.4 Å². The summed E-state index contributed by atoms with van der Waals surface area (Å²) in [7, 11) is 1.52. The zero-order valence-corrected chi connectivity index (χ0v) is 19.2. The maximum atomic E-state index is 13.4. The third kappa shape index (κ3) is 5.31. The second-order valence-corrected chi connectivity index (χ2v) is 8.60. The van der Waals surface area contributed by atoms with E-state index < -0.39 is 18.2 Å². The predicted octanol–water partition coefficient (Wildman–Crippen LogP) is 2.36. The van der Waals surface area contributed by atoms with Gasteiger partial charge >= 0.3 is 6.09 Å². The van der Waals surface area contributed by atoms with Gasteiger partial charge in [-0.2, -0.15) is 0 Å². The molecule has 3 N–H and O–H groups in total. The third-order valence-corrected chi connectivity index (χ3v) is 6.29. The standard InChI is InChI=1S/C25H30N4O5/c1-33-21-9-5-6-17(16-21)24(31)28-14-15-29(25(32)34-20-7-3-2-4-8-20)23(28)22(30)27-19-12-10-18(26)11-13-19/h2-9,16,18-19,23H,10-15,26H2,1H3,(H,27,30). The molecule has 3 amide bonds. The first-order chi connectivity index (χ1) is 16.5. The largest absolute Gasteiger partial charge is 0.497 e. The van der Waals surface area contributed by atoms with Crippen molar-refractivity contribution in [2.45, 2.75) is 43.9 Å². The van der Waals surface area contributed by atoms with Crippen molar-refractivity contribution in [2.75, 3.05) is 20.2 Å². The Labute approximate surface area is 198 Å². The molecule has 0 radical (unpaired) electrons. The van der Waals surface area contributed by atoms with Gasteiger partial charge in [0.1, 0.15) is 11.5 Å². The average Bonchev–Trinajstić information content (AvgIpc) is 3.31. The summed E-state index contributed by atoms with van der Waals surface area (Å²) in [6.07, 6.45) is 1.36. The summed E-state index contributed by atoms with van der Waals surface area (Å²) in [6, 6.07) is 15.5. The highest BCUT2D eigenvalue weighted by Gasteiger charge is 2.44. The van der Waals surface area contributed by atoms with Crippen LogP contribution < -0.4 is 20.5 Å². The van der Waals surface area contributed by atoms with E-state index in [1.54, 1.807) is 48.5 Å². The van der Waals surface area contributed by atoms with Crippen molar-refractivity contribution in [1.82, 2.24) is 15.1 Å². The van der Waals surface area contributed by atoms with E-state index in [4.69, 9.17) is 15.2 Å². The number of hydrogen-bond donors (Lipinski definition) is 2.